The number of hydrogen-bond acceptors (Lipinski definition) is 6. The standard InChI is InChI=1S/C27H25F3N6O3S/c1-39-25-11-8-21(14-32-25)33-26(40)34(17-20-4-2-3-5-24(20)27(28,29)30)13-12-23-15-31-18-35(23)16-19-6-9-22(10-7-19)36(37)38/h2-11,14-15,18H,12-13,16-17H2,1H3,(H,33,40). The quantitative estimate of drug-likeness (QED) is 0.147. The zero-order valence-electron chi connectivity index (χ0n) is 21.3. The van der Waals surface area contributed by atoms with Crippen molar-refractivity contribution < 1.29 is 22.8 Å². The lowest BCUT2D eigenvalue weighted by atomic mass is 10.1. The third-order valence-corrected chi connectivity index (χ3v) is 6.46. The van der Waals surface area contributed by atoms with Gasteiger partial charge < -0.3 is 19.5 Å². The predicted molar refractivity (Wildman–Crippen MR) is 147 cm³/mol. The molecule has 0 unspecified atom stereocenters. The van der Waals surface area contributed by atoms with Crippen LogP contribution in [0.3, 0.4) is 0 Å². The van der Waals surface area contributed by atoms with E-state index in [2.05, 4.69) is 15.3 Å². The van der Waals surface area contributed by atoms with Gasteiger partial charge in [-0.05, 0) is 35.5 Å². The van der Waals surface area contributed by atoms with Crippen LogP contribution in [-0.2, 0) is 25.7 Å². The summed E-state index contributed by atoms with van der Waals surface area (Å²) in [6, 6.07) is 15.0. The predicted octanol–water partition coefficient (Wildman–Crippen LogP) is 5.70. The van der Waals surface area contributed by atoms with Gasteiger partial charge in [0.1, 0.15) is 0 Å². The number of benzene rings is 2. The van der Waals surface area contributed by atoms with Crippen molar-refractivity contribution >= 4 is 28.7 Å². The van der Waals surface area contributed by atoms with E-state index in [1.54, 1.807) is 47.8 Å². The van der Waals surface area contributed by atoms with E-state index < -0.39 is 16.7 Å². The number of halogens is 3. The molecule has 0 spiro atoms. The Morgan fingerprint density at radius 1 is 1.12 bits per heavy atom. The average Bonchev–Trinajstić information content (AvgIpc) is 3.38. The normalized spacial score (nSPS) is 11.2. The Morgan fingerprint density at radius 2 is 1.88 bits per heavy atom. The summed E-state index contributed by atoms with van der Waals surface area (Å²) in [4.78, 5) is 20.5. The third kappa shape index (κ3) is 7.32. The second-order valence-electron chi connectivity index (χ2n) is 8.78. The van der Waals surface area contributed by atoms with Crippen LogP contribution in [0.5, 0.6) is 5.88 Å². The summed E-state index contributed by atoms with van der Waals surface area (Å²) in [5, 5.41) is 14.2. The van der Waals surface area contributed by atoms with Crippen molar-refractivity contribution in [3.05, 3.63) is 112 Å². The van der Waals surface area contributed by atoms with Gasteiger partial charge in [0.05, 0.1) is 35.8 Å². The van der Waals surface area contributed by atoms with Gasteiger partial charge >= 0.3 is 6.18 Å². The Hall–Kier alpha value is -4.52. The molecule has 2 aromatic heterocycles. The first kappa shape index (κ1) is 28.5. The molecule has 2 heterocycles. The van der Waals surface area contributed by atoms with Gasteiger partial charge in [-0.3, -0.25) is 10.1 Å². The smallest absolute Gasteiger partial charge is 0.416 e. The number of imidazole rings is 1. The number of aromatic nitrogens is 3. The number of methoxy groups -OCH3 is 1. The Morgan fingerprint density at radius 3 is 2.52 bits per heavy atom. The first-order valence-corrected chi connectivity index (χ1v) is 12.5. The number of alkyl halides is 3. The molecule has 0 aliphatic carbocycles. The lowest BCUT2D eigenvalue weighted by Gasteiger charge is -2.27. The maximum atomic E-state index is 13.7. The molecule has 0 saturated heterocycles. The summed E-state index contributed by atoms with van der Waals surface area (Å²) in [6.07, 6.45) is 0.743. The Kier molecular flexibility index (Phi) is 8.94. The number of thiocarbonyl (C=S) groups is 1. The van der Waals surface area contributed by atoms with Crippen LogP contribution in [0.15, 0.2) is 79.4 Å². The average molecular weight is 571 g/mol. The molecule has 0 aliphatic rings. The van der Waals surface area contributed by atoms with Gasteiger partial charge in [0.2, 0.25) is 5.88 Å². The fraction of sp³-hybridized carbons (Fsp3) is 0.222. The minimum atomic E-state index is -4.51. The second kappa shape index (κ2) is 12.6. The monoisotopic (exact) mass is 570 g/mol. The molecule has 4 aromatic rings. The van der Waals surface area contributed by atoms with Crippen molar-refractivity contribution in [3.8, 4) is 5.88 Å². The molecule has 2 aromatic carbocycles. The van der Waals surface area contributed by atoms with Crippen molar-refractivity contribution in [2.24, 2.45) is 0 Å². The van der Waals surface area contributed by atoms with E-state index >= 15 is 0 Å². The van der Waals surface area contributed by atoms with Crippen LogP contribution in [0.4, 0.5) is 24.5 Å². The van der Waals surface area contributed by atoms with Gasteiger partial charge in [0.15, 0.2) is 5.11 Å². The van der Waals surface area contributed by atoms with E-state index in [0.717, 1.165) is 17.3 Å². The number of rotatable bonds is 10. The maximum Gasteiger partial charge on any atom is 0.416 e. The highest BCUT2D eigenvalue weighted by Crippen LogP contribution is 2.32. The largest absolute Gasteiger partial charge is 0.481 e. The molecule has 0 fully saturated rings. The van der Waals surface area contributed by atoms with Crippen molar-refractivity contribution in [1.29, 1.82) is 0 Å². The van der Waals surface area contributed by atoms with Crippen molar-refractivity contribution in [2.75, 3.05) is 19.0 Å². The van der Waals surface area contributed by atoms with Gasteiger partial charge in [0.25, 0.3) is 5.69 Å². The van der Waals surface area contributed by atoms with E-state index in [9.17, 15) is 23.3 Å². The topological polar surface area (TPSA) is 98.3 Å². The van der Waals surface area contributed by atoms with E-state index in [1.165, 1.54) is 37.6 Å². The lowest BCUT2D eigenvalue weighted by molar-refractivity contribution is -0.384. The summed E-state index contributed by atoms with van der Waals surface area (Å²) in [7, 11) is 1.49. The first-order valence-electron chi connectivity index (χ1n) is 12.1. The van der Waals surface area contributed by atoms with Crippen LogP contribution >= 0.6 is 12.2 Å². The minimum Gasteiger partial charge on any atom is -0.481 e. The highest BCUT2D eigenvalue weighted by atomic mass is 32.1. The van der Waals surface area contributed by atoms with E-state index in [4.69, 9.17) is 17.0 Å². The van der Waals surface area contributed by atoms with Gasteiger partial charge in [-0.15, -0.1) is 0 Å². The summed E-state index contributed by atoms with van der Waals surface area (Å²) < 4.78 is 48.1. The molecule has 4 rings (SSSR count). The van der Waals surface area contributed by atoms with Crippen LogP contribution in [0, 0.1) is 10.1 Å². The lowest BCUT2D eigenvalue weighted by Crippen LogP contribution is -2.36. The number of anilines is 1. The van der Waals surface area contributed by atoms with Crippen LogP contribution in [-0.4, -0.2) is 43.1 Å². The zero-order chi connectivity index (χ0) is 28.7. The third-order valence-electron chi connectivity index (χ3n) is 6.10. The molecule has 0 bridgehead atoms. The molecule has 0 radical (unpaired) electrons. The second-order valence-corrected chi connectivity index (χ2v) is 9.17. The summed E-state index contributed by atoms with van der Waals surface area (Å²) in [6.45, 7) is 0.625. The number of nitrogens with zero attached hydrogens (tertiary/aromatic N) is 5. The zero-order valence-corrected chi connectivity index (χ0v) is 22.2. The molecular formula is C27H25F3N6O3S. The van der Waals surface area contributed by atoms with Gasteiger partial charge in [-0.25, -0.2) is 9.97 Å². The summed E-state index contributed by atoms with van der Waals surface area (Å²) in [5.74, 6) is 0.411. The fourth-order valence-corrected chi connectivity index (χ4v) is 4.31. The number of ether oxygens (including phenoxy) is 1. The molecule has 1 N–H and O–H groups in total. The Labute approximate surface area is 233 Å². The maximum absolute atomic E-state index is 13.7. The van der Waals surface area contributed by atoms with Crippen LogP contribution in [0.2, 0.25) is 0 Å². The molecule has 40 heavy (non-hydrogen) atoms. The van der Waals surface area contributed by atoms with Gasteiger partial charge in [-0.1, -0.05) is 30.3 Å². The number of hydrogen-bond donors (Lipinski definition) is 1. The molecule has 0 atom stereocenters. The molecular weight excluding hydrogens is 545 g/mol. The SMILES string of the molecule is COc1ccc(NC(=S)N(CCc2cncn2Cc2ccc([N+](=O)[O-])cc2)Cc2ccccc2C(F)(F)F)cn1. The number of non-ortho nitro benzene ring substituents is 1. The van der Waals surface area contributed by atoms with Crippen LogP contribution in [0.25, 0.3) is 0 Å². The van der Waals surface area contributed by atoms with Crippen LogP contribution < -0.4 is 10.1 Å². The Balaban J connectivity index is 1.53. The summed E-state index contributed by atoms with van der Waals surface area (Å²) >= 11 is 5.62. The molecule has 13 heteroatoms. The Bertz CT molecular complexity index is 1460. The highest BCUT2D eigenvalue weighted by molar-refractivity contribution is 7.80. The number of nitrogens with one attached hydrogen (secondary N) is 1. The minimum absolute atomic E-state index is 0.00235. The molecule has 208 valence electrons. The molecule has 0 saturated carbocycles. The van der Waals surface area contributed by atoms with E-state index in [-0.39, 0.29) is 29.5 Å². The van der Waals surface area contributed by atoms with E-state index in [0.29, 0.717) is 24.5 Å². The number of nitro benzene ring substituents is 1. The van der Waals surface area contributed by atoms with Crippen molar-refractivity contribution in [3.63, 3.8) is 0 Å². The fourth-order valence-electron chi connectivity index (χ4n) is 4.04. The van der Waals surface area contributed by atoms with Crippen molar-refractivity contribution in [1.82, 2.24) is 19.4 Å². The molecule has 0 aliphatic heterocycles. The number of pyridine rings is 1. The van der Waals surface area contributed by atoms with Gasteiger partial charge in [0, 0.05) is 56.1 Å². The van der Waals surface area contributed by atoms with Crippen molar-refractivity contribution in [2.45, 2.75) is 25.7 Å². The molecule has 0 amide bonds. The van der Waals surface area contributed by atoms with Crippen LogP contribution in [0.1, 0.15) is 22.4 Å². The van der Waals surface area contributed by atoms with Gasteiger partial charge in [-0.2, -0.15) is 13.2 Å². The summed E-state index contributed by atoms with van der Waals surface area (Å²) in [5.41, 5.74) is 1.58. The molecule has 9 nitrogen and oxygen atoms in total. The first-order chi connectivity index (χ1) is 19.1. The highest BCUT2D eigenvalue weighted by Gasteiger charge is 2.33. The number of nitro groups is 1. The van der Waals surface area contributed by atoms with E-state index in [1.807, 2.05) is 4.57 Å².